The molecule has 1 aromatic heterocycles. The highest BCUT2D eigenvalue weighted by molar-refractivity contribution is 6.01. The Morgan fingerprint density at radius 2 is 2.35 bits per heavy atom. The first-order valence-electron chi connectivity index (χ1n) is 6.64. The number of carboxylic acids is 1. The molecule has 0 amide bonds. The normalized spacial score (nSPS) is 20.4. The number of carboxylic acid groups (broad SMARTS) is 1. The van der Waals surface area contributed by atoms with Crippen LogP contribution in [0, 0.1) is 5.92 Å². The maximum atomic E-state index is 12.2. The Morgan fingerprint density at radius 3 is 3.00 bits per heavy atom. The molecule has 20 heavy (non-hydrogen) atoms. The van der Waals surface area contributed by atoms with Crippen molar-refractivity contribution >= 4 is 17.0 Å². The van der Waals surface area contributed by atoms with Crippen LogP contribution in [0.25, 0.3) is 11.0 Å². The molecular weight excluding hydrogens is 260 g/mol. The molecular formula is C14H16N2O4. The number of nitrogens with one attached hydrogen (secondary N) is 1. The molecule has 6 heteroatoms. The molecule has 0 saturated carbocycles. The zero-order valence-electron chi connectivity index (χ0n) is 11.1. The Balaban J connectivity index is 2.21. The van der Waals surface area contributed by atoms with E-state index in [0.717, 1.165) is 6.42 Å². The Bertz CT molecular complexity index is 710. The lowest BCUT2D eigenvalue weighted by Crippen LogP contribution is -2.26. The van der Waals surface area contributed by atoms with Crippen molar-refractivity contribution in [1.82, 2.24) is 9.55 Å². The van der Waals surface area contributed by atoms with Crippen molar-refractivity contribution in [1.29, 1.82) is 0 Å². The van der Waals surface area contributed by atoms with Gasteiger partial charge in [-0.15, -0.1) is 0 Å². The van der Waals surface area contributed by atoms with Gasteiger partial charge in [0, 0.05) is 18.6 Å². The van der Waals surface area contributed by atoms with Gasteiger partial charge in [0.15, 0.2) is 0 Å². The fourth-order valence-electron chi connectivity index (χ4n) is 2.89. The molecule has 6 nitrogen and oxygen atoms in total. The lowest BCUT2D eigenvalue weighted by Gasteiger charge is -2.19. The van der Waals surface area contributed by atoms with E-state index in [0.29, 0.717) is 24.2 Å². The summed E-state index contributed by atoms with van der Waals surface area (Å²) in [4.78, 5) is 26.3. The van der Waals surface area contributed by atoms with Crippen LogP contribution in [0.1, 0.15) is 29.7 Å². The quantitative estimate of drug-likeness (QED) is 0.892. The predicted molar refractivity (Wildman–Crippen MR) is 73.2 cm³/mol. The van der Waals surface area contributed by atoms with Gasteiger partial charge in [-0.3, -0.25) is 4.57 Å². The summed E-state index contributed by atoms with van der Waals surface area (Å²) in [6.45, 7) is 3.24. The van der Waals surface area contributed by atoms with E-state index in [1.165, 1.54) is 6.07 Å². The summed E-state index contributed by atoms with van der Waals surface area (Å²) in [5.41, 5.74) is 0.893. The lowest BCUT2D eigenvalue weighted by molar-refractivity contribution is 0.0698. The third-order valence-electron chi connectivity index (χ3n) is 4.02. The van der Waals surface area contributed by atoms with Crippen LogP contribution in [0.4, 0.5) is 0 Å². The number of nitrogens with zero attached hydrogens (tertiary/aromatic N) is 1. The van der Waals surface area contributed by atoms with E-state index in [-0.39, 0.29) is 23.2 Å². The number of ether oxygens (including phenoxy) is 1. The molecule has 3 rings (SSSR count). The number of para-hydroxylation sites is 1. The second kappa shape index (κ2) is 4.79. The monoisotopic (exact) mass is 276 g/mol. The van der Waals surface area contributed by atoms with Crippen molar-refractivity contribution in [3.63, 3.8) is 0 Å². The zero-order chi connectivity index (χ0) is 14.3. The molecule has 2 N–H and O–H groups in total. The van der Waals surface area contributed by atoms with Crippen LogP contribution in [-0.4, -0.2) is 33.8 Å². The van der Waals surface area contributed by atoms with Gasteiger partial charge in [0.1, 0.15) is 0 Å². The van der Waals surface area contributed by atoms with E-state index in [1.807, 2.05) is 6.92 Å². The summed E-state index contributed by atoms with van der Waals surface area (Å²) in [7, 11) is 0. The highest BCUT2D eigenvalue weighted by atomic mass is 16.5. The van der Waals surface area contributed by atoms with E-state index in [4.69, 9.17) is 4.74 Å². The number of hydrogen-bond acceptors (Lipinski definition) is 3. The highest BCUT2D eigenvalue weighted by Gasteiger charge is 2.27. The van der Waals surface area contributed by atoms with Crippen LogP contribution in [0.2, 0.25) is 0 Å². The van der Waals surface area contributed by atoms with Crippen molar-refractivity contribution in [2.24, 2.45) is 5.92 Å². The minimum atomic E-state index is -1.03. The van der Waals surface area contributed by atoms with Gasteiger partial charge in [-0.25, -0.2) is 9.59 Å². The van der Waals surface area contributed by atoms with Crippen molar-refractivity contribution in [2.75, 3.05) is 13.2 Å². The lowest BCUT2D eigenvalue weighted by atomic mass is 10.00. The minimum Gasteiger partial charge on any atom is -0.478 e. The number of imidazole rings is 1. The number of rotatable bonds is 3. The number of aromatic amines is 1. The first-order chi connectivity index (χ1) is 9.59. The van der Waals surface area contributed by atoms with Gasteiger partial charge in [0.25, 0.3) is 0 Å². The highest BCUT2D eigenvalue weighted by Crippen LogP contribution is 2.28. The second-order valence-electron chi connectivity index (χ2n) is 5.17. The average molecular weight is 276 g/mol. The maximum Gasteiger partial charge on any atom is 0.337 e. The Kier molecular flexibility index (Phi) is 3.10. The van der Waals surface area contributed by atoms with E-state index >= 15 is 0 Å². The molecule has 1 saturated heterocycles. The molecule has 106 valence electrons. The number of aromatic carboxylic acids is 1. The number of carbonyl (C=O) groups is 1. The van der Waals surface area contributed by atoms with E-state index in [1.54, 1.807) is 16.7 Å². The summed E-state index contributed by atoms with van der Waals surface area (Å²) in [6.07, 6.45) is 0.884. The second-order valence-corrected chi connectivity index (χ2v) is 5.17. The fraction of sp³-hybridized carbons (Fsp3) is 0.429. The molecule has 1 aliphatic rings. The van der Waals surface area contributed by atoms with Crippen molar-refractivity contribution < 1.29 is 14.6 Å². The largest absolute Gasteiger partial charge is 0.478 e. The summed E-state index contributed by atoms with van der Waals surface area (Å²) in [6, 6.07) is 4.78. The summed E-state index contributed by atoms with van der Waals surface area (Å²) >= 11 is 0. The van der Waals surface area contributed by atoms with Gasteiger partial charge in [0.2, 0.25) is 0 Å². The van der Waals surface area contributed by atoms with Crippen LogP contribution in [0.15, 0.2) is 23.0 Å². The third-order valence-corrected chi connectivity index (χ3v) is 4.02. The van der Waals surface area contributed by atoms with Crippen LogP contribution < -0.4 is 5.69 Å². The molecule has 1 aromatic carbocycles. The SMILES string of the molecule is CC(C1CCOC1)n1c(=O)[nH]c2cccc(C(=O)O)c21. The number of fused-ring (bicyclic) bond motifs is 1. The molecule has 0 spiro atoms. The molecule has 0 bridgehead atoms. The molecule has 2 atom stereocenters. The summed E-state index contributed by atoms with van der Waals surface area (Å²) in [5.74, 6) is -0.799. The number of H-pyrrole nitrogens is 1. The smallest absolute Gasteiger partial charge is 0.337 e. The number of hydrogen-bond donors (Lipinski definition) is 2. The third kappa shape index (κ3) is 1.92. The molecule has 0 radical (unpaired) electrons. The first kappa shape index (κ1) is 12.9. The Morgan fingerprint density at radius 1 is 1.55 bits per heavy atom. The van der Waals surface area contributed by atoms with Crippen LogP contribution >= 0.6 is 0 Å². The van der Waals surface area contributed by atoms with E-state index < -0.39 is 5.97 Å². The van der Waals surface area contributed by atoms with Gasteiger partial charge in [0.05, 0.1) is 23.2 Å². The van der Waals surface area contributed by atoms with Gasteiger partial charge in [-0.1, -0.05) is 6.07 Å². The van der Waals surface area contributed by atoms with Gasteiger partial charge in [-0.05, 0) is 25.5 Å². The molecule has 2 unspecified atom stereocenters. The summed E-state index contributed by atoms with van der Waals surface area (Å²) < 4.78 is 6.92. The van der Waals surface area contributed by atoms with Gasteiger partial charge >= 0.3 is 11.7 Å². The fourth-order valence-corrected chi connectivity index (χ4v) is 2.89. The van der Waals surface area contributed by atoms with Crippen molar-refractivity contribution in [3.05, 3.63) is 34.2 Å². The summed E-state index contributed by atoms with van der Waals surface area (Å²) in [5, 5.41) is 9.31. The molecule has 2 heterocycles. The van der Waals surface area contributed by atoms with Crippen molar-refractivity contribution in [3.8, 4) is 0 Å². The van der Waals surface area contributed by atoms with Crippen molar-refractivity contribution in [2.45, 2.75) is 19.4 Å². The minimum absolute atomic E-state index is 0.0979. The zero-order valence-corrected chi connectivity index (χ0v) is 11.1. The molecule has 1 aliphatic heterocycles. The number of aromatic nitrogens is 2. The predicted octanol–water partition coefficient (Wildman–Crippen LogP) is 1.63. The van der Waals surface area contributed by atoms with Crippen LogP contribution in [0.5, 0.6) is 0 Å². The first-order valence-corrected chi connectivity index (χ1v) is 6.64. The van der Waals surface area contributed by atoms with Crippen LogP contribution in [-0.2, 0) is 4.74 Å². The Labute approximate surface area is 115 Å². The molecule has 1 fully saturated rings. The van der Waals surface area contributed by atoms with Gasteiger partial charge in [-0.2, -0.15) is 0 Å². The van der Waals surface area contributed by atoms with Crippen LogP contribution in [0.3, 0.4) is 0 Å². The topological polar surface area (TPSA) is 84.3 Å². The maximum absolute atomic E-state index is 12.2. The van der Waals surface area contributed by atoms with E-state index in [2.05, 4.69) is 4.98 Å². The average Bonchev–Trinajstić information content (AvgIpc) is 3.03. The standard InChI is InChI=1S/C14H16N2O4/c1-8(9-5-6-20-7-9)16-12-10(13(17)18)3-2-4-11(12)15-14(16)19/h2-4,8-9H,5-7H2,1H3,(H,15,19)(H,17,18). The van der Waals surface area contributed by atoms with Gasteiger partial charge < -0.3 is 14.8 Å². The molecule has 2 aromatic rings. The Hall–Kier alpha value is -2.08. The van der Waals surface area contributed by atoms with E-state index in [9.17, 15) is 14.7 Å². The number of benzene rings is 1. The molecule has 0 aliphatic carbocycles.